The fraction of sp³-hybridized carbons (Fsp3) is 0.688. The van der Waals surface area contributed by atoms with Crippen LogP contribution in [-0.2, 0) is 4.79 Å². The van der Waals surface area contributed by atoms with E-state index < -0.39 is 0 Å². The highest BCUT2D eigenvalue weighted by Gasteiger charge is 2.41. The Morgan fingerprint density at radius 3 is 2.65 bits per heavy atom. The molecule has 2 heterocycles. The zero-order valence-electron chi connectivity index (χ0n) is 13.1. The molecule has 1 amide bonds. The molecule has 1 aliphatic heterocycles. The number of amides is 1. The lowest BCUT2D eigenvalue weighted by Crippen LogP contribution is -2.40. The first kappa shape index (κ1) is 15.5. The van der Waals surface area contributed by atoms with Crippen LogP contribution in [0.4, 0.5) is 0 Å². The highest BCUT2D eigenvalue weighted by molar-refractivity contribution is 7.10. The lowest BCUT2D eigenvalue weighted by Gasteiger charge is -2.36. The van der Waals surface area contributed by atoms with E-state index in [1.165, 1.54) is 4.88 Å². The summed E-state index contributed by atoms with van der Waals surface area (Å²) in [6.07, 6.45) is 0.893. The van der Waals surface area contributed by atoms with E-state index in [-0.39, 0.29) is 23.5 Å². The summed E-state index contributed by atoms with van der Waals surface area (Å²) in [5, 5.41) is 5.57. The van der Waals surface area contributed by atoms with Crippen molar-refractivity contribution in [3.8, 4) is 0 Å². The second-order valence-electron chi connectivity index (χ2n) is 6.65. The monoisotopic (exact) mass is 294 g/mol. The first-order chi connectivity index (χ1) is 9.36. The number of hydrogen-bond acceptors (Lipinski definition) is 3. The van der Waals surface area contributed by atoms with E-state index >= 15 is 0 Å². The van der Waals surface area contributed by atoms with Crippen molar-refractivity contribution >= 4 is 17.2 Å². The molecule has 3 nitrogen and oxygen atoms in total. The first-order valence-electron chi connectivity index (χ1n) is 7.46. The second-order valence-corrected chi connectivity index (χ2v) is 7.63. The Hall–Kier alpha value is -0.870. The van der Waals surface area contributed by atoms with E-state index in [1.54, 1.807) is 11.3 Å². The number of carbonyl (C=O) groups is 1. The topological polar surface area (TPSA) is 32.3 Å². The van der Waals surface area contributed by atoms with Gasteiger partial charge in [-0.2, -0.15) is 0 Å². The van der Waals surface area contributed by atoms with E-state index in [1.807, 2.05) is 4.90 Å². The Kier molecular flexibility index (Phi) is 4.55. The van der Waals surface area contributed by atoms with Crippen LogP contribution in [0.1, 0.15) is 52.1 Å². The highest BCUT2D eigenvalue weighted by atomic mass is 32.1. The quantitative estimate of drug-likeness (QED) is 0.899. The minimum atomic E-state index is -0.0370. The third-order valence-corrected chi connectivity index (χ3v) is 5.54. The van der Waals surface area contributed by atoms with Gasteiger partial charge in [-0.1, -0.05) is 40.7 Å². The molecule has 0 bridgehead atoms. The lowest BCUT2D eigenvalue weighted by atomic mass is 9.80. The van der Waals surface area contributed by atoms with Gasteiger partial charge in [-0.15, -0.1) is 11.3 Å². The van der Waals surface area contributed by atoms with Crippen LogP contribution in [0.2, 0.25) is 0 Å². The minimum Gasteiger partial charge on any atom is -0.320 e. The maximum Gasteiger partial charge on any atom is 0.241 e. The molecule has 1 aromatic rings. The second kappa shape index (κ2) is 5.86. The van der Waals surface area contributed by atoms with Crippen LogP contribution in [0.5, 0.6) is 0 Å². The van der Waals surface area contributed by atoms with Gasteiger partial charge in [-0.25, -0.2) is 0 Å². The SMILES string of the molecule is CCC1NC(c2cccs2)N(CC(C)(C)C(C)C)C1=O. The Labute approximate surface area is 126 Å². The number of thiophene rings is 1. The van der Waals surface area contributed by atoms with Crippen LogP contribution in [0.15, 0.2) is 17.5 Å². The maximum absolute atomic E-state index is 12.6. The summed E-state index contributed by atoms with van der Waals surface area (Å²) in [7, 11) is 0. The Bertz CT molecular complexity index is 453. The summed E-state index contributed by atoms with van der Waals surface area (Å²) in [5.41, 5.74) is 0.121. The summed E-state index contributed by atoms with van der Waals surface area (Å²) in [5.74, 6) is 0.791. The summed E-state index contributed by atoms with van der Waals surface area (Å²) >= 11 is 1.72. The van der Waals surface area contributed by atoms with Gasteiger partial charge < -0.3 is 4.90 Å². The normalized spacial score (nSPS) is 23.9. The molecule has 1 saturated heterocycles. The van der Waals surface area contributed by atoms with Crippen molar-refractivity contribution in [2.45, 2.75) is 53.2 Å². The van der Waals surface area contributed by atoms with Gasteiger partial charge >= 0.3 is 0 Å². The van der Waals surface area contributed by atoms with Crippen LogP contribution in [-0.4, -0.2) is 23.4 Å². The van der Waals surface area contributed by atoms with Gasteiger partial charge in [0, 0.05) is 11.4 Å². The summed E-state index contributed by atoms with van der Waals surface area (Å²) in [6, 6.07) is 4.13. The molecule has 2 rings (SSSR count). The standard InChI is InChI=1S/C16H26N2OS/c1-6-12-15(19)18(10-16(4,5)11(2)3)14(17-12)13-8-7-9-20-13/h7-9,11-12,14,17H,6,10H2,1-5H3. The molecule has 20 heavy (non-hydrogen) atoms. The Balaban J connectivity index is 2.24. The third kappa shape index (κ3) is 2.91. The predicted molar refractivity (Wildman–Crippen MR) is 84.6 cm³/mol. The summed E-state index contributed by atoms with van der Waals surface area (Å²) in [6.45, 7) is 11.8. The molecular formula is C16H26N2OS. The molecule has 1 aliphatic rings. The highest BCUT2D eigenvalue weighted by Crippen LogP contribution is 2.35. The van der Waals surface area contributed by atoms with Gasteiger partial charge in [0.1, 0.15) is 6.17 Å². The van der Waals surface area contributed by atoms with Gasteiger partial charge in [0.25, 0.3) is 0 Å². The van der Waals surface area contributed by atoms with Crippen molar-refractivity contribution in [2.75, 3.05) is 6.54 Å². The fourth-order valence-corrected chi connectivity index (χ4v) is 3.24. The molecule has 0 spiro atoms. The van der Waals surface area contributed by atoms with Crippen molar-refractivity contribution in [1.82, 2.24) is 10.2 Å². The molecule has 1 fully saturated rings. The molecule has 0 aliphatic carbocycles. The average Bonchev–Trinajstić information content (AvgIpc) is 2.99. The van der Waals surface area contributed by atoms with Crippen molar-refractivity contribution in [1.29, 1.82) is 0 Å². The molecule has 4 heteroatoms. The number of nitrogens with zero attached hydrogens (tertiary/aromatic N) is 1. The molecule has 0 aromatic carbocycles. The first-order valence-corrected chi connectivity index (χ1v) is 8.34. The van der Waals surface area contributed by atoms with Crippen molar-refractivity contribution < 1.29 is 4.79 Å². The van der Waals surface area contributed by atoms with E-state index in [0.717, 1.165) is 13.0 Å². The fourth-order valence-electron chi connectivity index (χ4n) is 2.45. The smallest absolute Gasteiger partial charge is 0.241 e. The van der Waals surface area contributed by atoms with Crippen LogP contribution < -0.4 is 5.32 Å². The van der Waals surface area contributed by atoms with Gasteiger partial charge in [0.05, 0.1) is 6.04 Å². The number of hydrogen-bond donors (Lipinski definition) is 1. The van der Waals surface area contributed by atoms with Crippen LogP contribution in [0.3, 0.4) is 0 Å². The zero-order valence-corrected chi connectivity index (χ0v) is 14.0. The van der Waals surface area contributed by atoms with Crippen molar-refractivity contribution in [3.63, 3.8) is 0 Å². The average molecular weight is 294 g/mol. The van der Waals surface area contributed by atoms with E-state index in [2.05, 4.69) is 57.4 Å². The lowest BCUT2D eigenvalue weighted by molar-refractivity contribution is -0.131. The predicted octanol–water partition coefficient (Wildman–Crippen LogP) is 3.64. The van der Waals surface area contributed by atoms with Gasteiger partial charge in [-0.05, 0) is 29.2 Å². The Morgan fingerprint density at radius 1 is 1.45 bits per heavy atom. The van der Waals surface area contributed by atoms with Crippen LogP contribution >= 0.6 is 11.3 Å². The zero-order chi connectivity index (χ0) is 14.9. The Morgan fingerprint density at radius 2 is 2.15 bits per heavy atom. The molecule has 1 aromatic heterocycles. The van der Waals surface area contributed by atoms with E-state index in [0.29, 0.717) is 5.92 Å². The molecule has 0 radical (unpaired) electrons. The third-order valence-electron chi connectivity index (χ3n) is 4.61. The van der Waals surface area contributed by atoms with Crippen molar-refractivity contribution in [3.05, 3.63) is 22.4 Å². The molecule has 2 unspecified atom stereocenters. The van der Waals surface area contributed by atoms with E-state index in [4.69, 9.17) is 0 Å². The van der Waals surface area contributed by atoms with Gasteiger partial charge in [0.15, 0.2) is 0 Å². The molecular weight excluding hydrogens is 268 g/mol. The van der Waals surface area contributed by atoms with Gasteiger partial charge in [-0.3, -0.25) is 10.1 Å². The molecule has 1 N–H and O–H groups in total. The molecule has 0 saturated carbocycles. The molecule has 112 valence electrons. The number of nitrogens with one attached hydrogen (secondary N) is 1. The van der Waals surface area contributed by atoms with Crippen molar-refractivity contribution in [2.24, 2.45) is 11.3 Å². The number of carbonyl (C=O) groups excluding carboxylic acids is 1. The largest absolute Gasteiger partial charge is 0.320 e. The van der Waals surface area contributed by atoms with E-state index in [9.17, 15) is 4.79 Å². The summed E-state index contributed by atoms with van der Waals surface area (Å²) in [4.78, 5) is 15.9. The number of rotatable bonds is 5. The van der Waals surface area contributed by atoms with Gasteiger partial charge in [0.2, 0.25) is 5.91 Å². The van der Waals surface area contributed by atoms with Crippen LogP contribution in [0.25, 0.3) is 0 Å². The van der Waals surface area contributed by atoms with Crippen LogP contribution in [0, 0.1) is 11.3 Å². The molecule has 2 atom stereocenters. The maximum atomic E-state index is 12.6. The summed E-state index contributed by atoms with van der Waals surface area (Å²) < 4.78 is 0. The minimum absolute atomic E-state index is 0.0370.